The highest BCUT2D eigenvalue weighted by Crippen LogP contribution is 2.28. The van der Waals surface area contributed by atoms with Gasteiger partial charge in [-0.15, -0.1) is 0 Å². The van der Waals surface area contributed by atoms with Crippen LogP contribution in [0, 0.1) is 5.82 Å². The van der Waals surface area contributed by atoms with Crippen LogP contribution in [0.15, 0.2) is 36.4 Å². The molecule has 0 aromatic heterocycles. The highest BCUT2D eigenvalue weighted by Gasteiger charge is 2.09. The van der Waals surface area contributed by atoms with Crippen molar-refractivity contribution >= 4 is 17.3 Å². The van der Waals surface area contributed by atoms with Crippen LogP contribution in [-0.2, 0) is 6.61 Å². The molecule has 19 heavy (non-hydrogen) atoms. The number of nitrogen functional groups attached to an aromatic ring is 1. The van der Waals surface area contributed by atoms with E-state index in [-0.39, 0.29) is 6.61 Å². The summed E-state index contributed by atoms with van der Waals surface area (Å²) in [7, 11) is 1.54. The Hall–Kier alpha value is -1.94. The molecule has 0 aliphatic carbocycles. The molecule has 0 spiro atoms. The minimum absolute atomic E-state index is 0.00285. The molecule has 2 N–H and O–H groups in total. The van der Waals surface area contributed by atoms with E-state index in [2.05, 4.69) is 0 Å². The van der Waals surface area contributed by atoms with E-state index in [4.69, 9.17) is 26.8 Å². The van der Waals surface area contributed by atoms with Crippen LogP contribution in [0.2, 0.25) is 5.02 Å². The normalized spacial score (nSPS) is 10.3. The Labute approximate surface area is 115 Å². The molecule has 0 saturated heterocycles. The van der Waals surface area contributed by atoms with Gasteiger partial charge in [0.2, 0.25) is 0 Å². The maximum Gasteiger partial charge on any atom is 0.146 e. The van der Waals surface area contributed by atoms with Crippen molar-refractivity contribution in [2.24, 2.45) is 0 Å². The van der Waals surface area contributed by atoms with Crippen LogP contribution in [0.25, 0.3) is 0 Å². The van der Waals surface area contributed by atoms with Crippen molar-refractivity contribution in [3.05, 3.63) is 52.8 Å². The highest BCUT2D eigenvalue weighted by molar-refractivity contribution is 6.31. The molecule has 0 unspecified atom stereocenters. The van der Waals surface area contributed by atoms with Gasteiger partial charge in [0.15, 0.2) is 0 Å². The summed E-state index contributed by atoms with van der Waals surface area (Å²) in [5.41, 5.74) is 6.53. The molecule has 2 aromatic rings. The largest absolute Gasteiger partial charge is 0.497 e. The van der Waals surface area contributed by atoms with Gasteiger partial charge in [0.1, 0.15) is 23.9 Å². The molecule has 0 saturated carbocycles. The van der Waals surface area contributed by atoms with Crippen molar-refractivity contribution in [2.75, 3.05) is 12.8 Å². The molecule has 0 fully saturated rings. The molecule has 2 rings (SSSR count). The molecular weight excluding hydrogens is 269 g/mol. The van der Waals surface area contributed by atoms with Crippen LogP contribution >= 0.6 is 11.6 Å². The number of rotatable bonds is 4. The zero-order valence-corrected chi connectivity index (χ0v) is 11.1. The summed E-state index contributed by atoms with van der Waals surface area (Å²) in [5.74, 6) is 0.636. The molecule has 0 aliphatic rings. The molecule has 0 heterocycles. The molecule has 0 aliphatic heterocycles. The van der Waals surface area contributed by atoms with Crippen LogP contribution in [0.1, 0.15) is 5.56 Å². The third kappa shape index (κ3) is 3.09. The Morgan fingerprint density at radius 3 is 2.74 bits per heavy atom. The van der Waals surface area contributed by atoms with E-state index in [0.29, 0.717) is 27.8 Å². The van der Waals surface area contributed by atoms with Crippen molar-refractivity contribution in [1.29, 1.82) is 0 Å². The molecule has 0 amide bonds. The van der Waals surface area contributed by atoms with E-state index in [1.165, 1.54) is 6.07 Å². The van der Waals surface area contributed by atoms with E-state index in [0.717, 1.165) is 0 Å². The number of hydrogen-bond acceptors (Lipinski definition) is 3. The van der Waals surface area contributed by atoms with Gasteiger partial charge in [-0.05, 0) is 24.3 Å². The number of anilines is 1. The Balaban J connectivity index is 2.19. The molecular formula is C14H13ClFNO2. The van der Waals surface area contributed by atoms with Crippen molar-refractivity contribution in [2.45, 2.75) is 6.61 Å². The van der Waals surface area contributed by atoms with Crippen LogP contribution < -0.4 is 15.2 Å². The quantitative estimate of drug-likeness (QED) is 0.870. The Bertz CT molecular complexity index is 569. The summed E-state index contributed by atoms with van der Waals surface area (Å²) < 4.78 is 24.1. The summed E-state index contributed by atoms with van der Waals surface area (Å²) in [6.07, 6.45) is 0. The molecule has 0 bridgehead atoms. The average molecular weight is 282 g/mol. The first-order valence-electron chi connectivity index (χ1n) is 5.61. The minimum atomic E-state index is -0.408. The van der Waals surface area contributed by atoms with E-state index in [9.17, 15) is 4.39 Å². The van der Waals surface area contributed by atoms with Gasteiger partial charge in [-0.2, -0.15) is 0 Å². The van der Waals surface area contributed by atoms with Gasteiger partial charge in [0, 0.05) is 11.6 Å². The third-order valence-electron chi connectivity index (χ3n) is 2.65. The molecule has 5 heteroatoms. The number of hydrogen-bond donors (Lipinski definition) is 1. The Kier molecular flexibility index (Phi) is 4.12. The van der Waals surface area contributed by atoms with Gasteiger partial charge in [-0.3, -0.25) is 0 Å². The first kappa shape index (κ1) is 13.5. The SMILES string of the molecule is COc1ccc(N)c(OCc2c(F)cccc2Cl)c1. The summed E-state index contributed by atoms with van der Waals surface area (Å²) in [6, 6.07) is 9.51. The Morgan fingerprint density at radius 1 is 1.26 bits per heavy atom. The lowest BCUT2D eigenvalue weighted by atomic mass is 10.2. The highest BCUT2D eigenvalue weighted by atomic mass is 35.5. The number of nitrogens with two attached hydrogens (primary N) is 1. The Morgan fingerprint density at radius 2 is 2.05 bits per heavy atom. The van der Waals surface area contributed by atoms with E-state index < -0.39 is 5.82 Å². The third-order valence-corrected chi connectivity index (χ3v) is 3.01. The number of ether oxygens (including phenoxy) is 2. The maximum atomic E-state index is 13.6. The zero-order valence-electron chi connectivity index (χ0n) is 10.3. The van der Waals surface area contributed by atoms with E-state index >= 15 is 0 Å². The molecule has 100 valence electrons. The van der Waals surface area contributed by atoms with Crippen molar-refractivity contribution in [1.82, 2.24) is 0 Å². The van der Waals surface area contributed by atoms with Gasteiger partial charge in [0.25, 0.3) is 0 Å². The van der Waals surface area contributed by atoms with Crippen molar-refractivity contribution in [3.63, 3.8) is 0 Å². The van der Waals surface area contributed by atoms with Gasteiger partial charge >= 0.3 is 0 Å². The summed E-state index contributed by atoms with van der Waals surface area (Å²) in [5, 5.41) is 0.321. The molecule has 0 radical (unpaired) electrons. The molecule has 2 aromatic carbocycles. The van der Waals surface area contributed by atoms with Crippen molar-refractivity contribution in [3.8, 4) is 11.5 Å². The summed E-state index contributed by atoms with van der Waals surface area (Å²) >= 11 is 5.92. The fraction of sp³-hybridized carbons (Fsp3) is 0.143. The fourth-order valence-corrected chi connectivity index (χ4v) is 1.80. The van der Waals surface area contributed by atoms with Crippen LogP contribution in [0.3, 0.4) is 0 Å². The number of benzene rings is 2. The standard InChI is InChI=1S/C14H13ClFNO2/c1-18-9-5-6-13(17)14(7-9)19-8-10-11(15)3-2-4-12(10)16/h2-7H,8,17H2,1H3. The molecule has 0 atom stereocenters. The van der Waals surface area contributed by atoms with Gasteiger partial charge in [-0.1, -0.05) is 17.7 Å². The topological polar surface area (TPSA) is 44.5 Å². The second-order valence-electron chi connectivity index (χ2n) is 3.89. The summed E-state index contributed by atoms with van der Waals surface area (Å²) in [4.78, 5) is 0. The first-order chi connectivity index (χ1) is 9.11. The predicted octanol–water partition coefficient (Wildman–Crippen LogP) is 3.65. The summed E-state index contributed by atoms with van der Waals surface area (Å²) in [6.45, 7) is 0.00285. The van der Waals surface area contributed by atoms with Gasteiger partial charge < -0.3 is 15.2 Å². The second-order valence-corrected chi connectivity index (χ2v) is 4.30. The van der Waals surface area contributed by atoms with Crippen LogP contribution in [0.5, 0.6) is 11.5 Å². The van der Waals surface area contributed by atoms with Crippen LogP contribution in [0.4, 0.5) is 10.1 Å². The monoisotopic (exact) mass is 281 g/mol. The lowest BCUT2D eigenvalue weighted by Gasteiger charge is -2.11. The minimum Gasteiger partial charge on any atom is -0.497 e. The van der Waals surface area contributed by atoms with E-state index in [1.807, 2.05) is 0 Å². The average Bonchev–Trinajstić information content (AvgIpc) is 2.40. The number of methoxy groups -OCH3 is 1. The first-order valence-corrected chi connectivity index (χ1v) is 5.99. The zero-order chi connectivity index (χ0) is 13.8. The van der Waals surface area contributed by atoms with Gasteiger partial charge in [-0.25, -0.2) is 4.39 Å². The molecule has 3 nitrogen and oxygen atoms in total. The van der Waals surface area contributed by atoms with Gasteiger partial charge in [0.05, 0.1) is 17.8 Å². The lowest BCUT2D eigenvalue weighted by molar-refractivity contribution is 0.299. The van der Waals surface area contributed by atoms with Crippen LogP contribution in [-0.4, -0.2) is 7.11 Å². The smallest absolute Gasteiger partial charge is 0.146 e. The number of halogens is 2. The second kappa shape index (κ2) is 5.80. The lowest BCUT2D eigenvalue weighted by Crippen LogP contribution is -2.02. The van der Waals surface area contributed by atoms with E-state index in [1.54, 1.807) is 37.4 Å². The predicted molar refractivity (Wildman–Crippen MR) is 73.1 cm³/mol. The van der Waals surface area contributed by atoms with Crippen molar-refractivity contribution < 1.29 is 13.9 Å². The fourth-order valence-electron chi connectivity index (χ4n) is 1.59. The maximum absolute atomic E-state index is 13.6.